The molecule has 1 aliphatic heterocycles. The van der Waals surface area contributed by atoms with Gasteiger partial charge >= 0.3 is 110 Å². The van der Waals surface area contributed by atoms with Gasteiger partial charge in [-0.15, -0.1) is 11.3 Å². The number of nitrogens with zero attached hydrogens (tertiary/aromatic N) is 2. The summed E-state index contributed by atoms with van der Waals surface area (Å²) >= 11 is 1.27. The van der Waals surface area contributed by atoms with Gasteiger partial charge in [0.1, 0.15) is 6.23 Å². The predicted octanol–water partition coefficient (Wildman–Crippen LogP) is -9.19. The third-order valence-electron chi connectivity index (χ3n) is 3.93. The molecule has 2 aromatic heterocycles. The zero-order valence-corrected chi connectivity index (χ0v) is 28.1. The van der Waals surface area contributed by atoms with E-state index in [1.165, 1.54) is 17.5 Å². The van der Waals surface area contributed by atoms with E-state index < -0.39 is 54.0 Å². The zero-order chi connectivity index (χ0) is 23.7. The molecule has 22 heteroatoms. The van der Waals surface area contributed by atoms with Crippen LogP contribution in [-0.4, -0.2) is 32.0 Å². The van der Waals surface area contributed by atoms with Crippen molar-refractivity contribution >= 4 is 34.8 Å². The molecule has 178 valence electrons. The van der Waals surface area contributed by atoms with Gasteiger partial charge < -0.3 is 34.0 Å². The van der Waals surface area contributed by atoms with Crippen molar-refractivity contribution in [3.63, 3.8) is 0 Å². The van der Waals surface area contributed by atoms with Gasteiger partial charge in [-0.05, 0) is 24.3 Å². The van der Waals surface area contributed by atoms with Crippen LogP contribution in [0.1, 0.15) is 19.1 Å². The summed E-state index contributed by atoms with van der Waals surface area (Å²) < 4.78 is 51.4. The standard InChI is InChI=1S/C13H17N2O13P3S.3Na/c16-12-9(10-2-1-5-32-10)6-15(13(17)14-12)11-4-3-8(26-11)7-25-30(21,22)28-31(23,24)27-29(18,19)20;;;/h1-2,5-6,8,11H,3-4,7H2,(H,21,22)(H,23,24)(H,14,16,17)(H2,18,19,20);;;/q;3*+1/p-3/t8-,11+;;;/m0.../s1. The van der Waals surface area contributed by atoms with E-state index in [1.807, 2.05) is 0 Å². The molecule has 0 amide bonds. The summed E-state index contributed by atoms with van der Waals surface area (Å²) in [5.74, 6) is -0.707. The monoisotopic (exact) mass is 600 g/mol. The Morgan fingerprint density at radius 2 is 1.80 bits per heavy atom. The summed E-state index contributed by atoms with van der Waals surface area (Å²) in [6.45, 7) is -0.670. The van der Waals surface area contributed by atoms with Gasteiger partial charge in [0.25, 0.3) is 0 Å². The Bertz CT molecular complexity index is 1180. The largest absolute Gasteiger partial charge is 1.00 e. The van der Waals surface area contributed by atoms with Gasteiger partial charge in [-0.2, -0.15) is 4.31 Å². The molecule has 0 aliphatic carbocycles. The van der Waals surface area contributed by atoms with Crippen LogP contribution in [0.5, 0.6) is 5.88 Å². The van der Waals surface area contributed by atoms with Gasteiger partial charge in [-0.1, -0.05) is 6.07 Å². The van der Waals surface area contributed by atoms with E-state index in [0.29, 0.717) is 4.88 Å². The average molecular weight is 600 g/mol. The summed E-state index contributed by atoms with van der Waals surface area (Å²) in [7, 11) is -17.1. The van der Waals surface area contributed by atoms with Crippen molar-refractivity contribution < 1.29 is 145 Å². The second-order valence-electron chi connectivity index (χ2n) is 6.26. The molecule has 0 radical (unpaired) electrons. The van der Waals surface area contributed by atoms with Crippen LogP contribution in [0, 0.1) is 0 Å². The molecule has 0 saturated carbocycles. The second kappa shape index (κ2) is 14.9. The number of thiophene rings is 1. The Balaban J connectivity index is 0.00000385. The summed E-state index contributed by atoms with van der Waals surface area (Å²) in [5.41, 5.74) is -0.681. The van der Waals surface area contributed by atoms with E-state index in [4.69, 9.17) is 9.63 Å². The van der Waals surface area contributed by atoms with Crippen molar-refractivity contribution in [2.24, 2.45) is 0 Å². The number of ether oxygens (including phenoxy) is 1. The van der Waals surface area contributed by atoms with Crippen LogP contribution in [0.4, 0.5) is 0 Å². The molecule has 0 aromatic carbocycles. The molecule has 1 fully saturated rings. The number of aromatic nitrogens is 2. The molecule has 2 unspecified atom stereocenters. The number of phosphoric acid groups is 3. The average Bonchev–Trinajstić information content (AvgIpc) is 3.29. The van der Waals surface area contributed by atoms with Gasteiger partial charge in [0.2, 0.25) is 0 Å². The van der Waals surface area contributed by atoms with Crippen molar-refractivity contribution in [2.45, 2.75) is 25.2 Å². The summed E-state index contributed by atoms with van der Waals surface area (Å²) in [6.07, 6.45) is -0.0567. The number of phosphoric ester groups is 1. The molecular formula is C13H14N2Na3O13P3S. The smallest absolute Gasteiger partial charge is 0.858 e. The number of hydrogen-bond donors (Lipinski definition) is 2. The molecule has 2 N–H and O–H groups in total. The van der Waals surface area contributed by atoms with Crippen molar-refractivity contribution in [2.75, 3.05) is 6.61 Å². The molecule has 15 nitrogen and oxygen atoms in total. The number of rotatable bonds is 9. The maximum absolute atomic E-state index is 12.1. The molecule has 4 atom stereocenters. The fourth-order valence-electron chi connectivity index (χ4n) is 2.75. The van der Waals surface area contributed by atoms with Crippen LogP contribution in [0.2, 0.25) is 0 Å². The van der Waals surface area contributed by atoms with Gasteiger partial charge in [-0.25, -0.2) is 18.9 Å². The SMILES string of the molecule is O=c1nc([O-])c(-c2cccs2)cn1[C@H]1CC[C@@H](COP(=O)(O)OP(=O)(O)OP(=O)([O-])[O-])O1.[Na+].[Na+].[Na+]. The minimum Gasteiger partial charge on any atom is -0.858 e. The van der Waals surface area contributed by atoms with Crippen LogP contribution in [-0.2, 0) is 31.6 Å². The van der Waals surface area contributed by atoms with Gasteiger partial charge in [0.15, 0.2) is 0 Å². The Hall–Kier alpha value is 1.75. The topological polar surface area (TPSA) is 233 Å². The molecule has 3 rings (SSSR count). The number of hydrogen-bond acceptors (Lipinski definition) is 13. The third kappa shape index (κ3) is 11.4. The van der Waals surface area contributed by atoms with Crippen LogP contribution >= 0.6 is 34.8 Å². The third-order valence-corrected chi connectivity index (χ3v) is 8.59. The van der Waals surface area contributed by atoms with E-state index in [0.717, 1.165) is 4.57 Å². The first kappa shape index (κ1) is 36.8. The first-order chi connectivity index (χ1) is 14.7. The van der Waals surface area contributed by atoms with Crippen molar-refractivity contribution in [1.82, 2.24) is 9.55 Å². The molecule has 1 aliphatic rings. The van der Waals surface area contributed by atoms with Crippen LogP contribution in [0.3, 0.4) is 0 Å². The summed E-state index contributed by atoms with van der Waals surface area (Å²) in [6, 6.07) is 3.39. The van der Waals surface area contributed by atoms with Crippen molar-refractivity contribution in [3.05, 3.63) is 34.2 Å². The van der Waals surface area contributed by atoms with E-state index in [2.05, 4.69) is 18.1 Å². The fraction of sp³-hybridized carbons (Fsp3) is 0.385. The first-order valence-electron chi connectivity index (χ1n) is 8.49. The van der Waals surface area contributed by atoms with Gasteiger partial charge in [0, 0.05) is 22.5 Å². The van der Waals surface area contributed by atoms with E-state index in [1.54, 1.807) is 17.5 Å². The maximum Gasteiger partial charge on any atom is 1.00 e. The Morgan fingerprint density at radius 3 is 2.37 bits per heavy atom. The maximum atomic E-state index is 12.1. The zero-order valence-electron chi connectivity index (χ0n) is 18.6. The molecule has 35 heavy (non-hydrogen) atoms. The van der Waals surface area contributed by atoms with E-state index in [-0.39, 0.29) is 107 Å². The molecule has 2 aromatic rings. The Labute approximate surface area is 268 Å². The van der Waals surface area contributed by atoms with Crippen LogP contribution in [0.15, 0.2) is 28.5 Å². The minimum atomic E-state index is -6.00. The molecule has 0 spiro atoms. The van der Waals surface area contributed by atoms with Crippen LogP contribution in [0.25, 0.3) is 10.4 Å². The fourth-order valence-corrected chi connectivity index (χ4v) is 6.46. The molecule has 0 bridgehead atoms. The van der Waals surface area contributed by atoms with E-state index >= 15 is 0 Å². The van der Waals surface area contributed by atoms with Gasteiger partial charge in [-0.3, -0.25) is 13.4 Å². The van der Waals surface area contributed by atoms with Crippen molar-refractivity contribution in [1.29, 1.82) is 0 Å². The molecule has 3 heterocycles. The Morgan fingerprint density at radius 1 is 1.14 bits per heavy atom. The quantitative estimate of drug-likeness (QED) is 0.201. The summed E-state index contributed by atoms with van der Waals surface area (Å²) in [5, 5.41) is 13.8. The Kier molecular flexibility index (Phi) is 15.7. The van der Waals surface area contributed by atoms with Gasteiger partial charge in [0.05, 0.1) is 20.5 Å². The predicted molar refractivity (Wildman–Crippen MR) is 99.8 cm³/mol. The minimum absolute atomic E-state index is 0. The van der Waals surface area contributed by atoms with Crippen LogP contribution < -0.4 is 109 Å². The molecule has 1 saturated heterocycles. The summed E-state index contributed by atoms with van der Waals surface area (Å²) in [4.78, 5) is 55.4. The van der Waals surface area contributed by atoms with E-state index in [9.17, 15) is 38.3 Å². The van der Waals surface area contributed by atoms with Crippen molar-refractivity contribution in [3.8, 4) is 16.3 Å². The molecular weight excluding hydrogens is 586 g/mol. The normalized spacial score (nSPS) is 21.0. The second-order valence-corrected chi connectivity index (χ2v) is 11.5. The first-order valence-corrected chi connectivity index (χ1v) is 13.8.